The number of hydrogen-bond donors (Lipinski definition) is 1. The zero-order chi connectivity index (χ0) is 16.5. The van der Waals surface area contributed by atoms with Crippen LogP contribution in [0.3, 0.4) is 0 Å². The van der Waals surface area contributed by atoms with Crippen LogP contribution in [0.2, 0.25) is 0 Å². The van der Waals surface area contributed by atoms with Crippen molar-refractivity contribution in [2.45, 2.75) is 44.9 Å². The van der Waals surface area contributed by atoms with Crippen molar-refractivity contribution in [3.8, 4) is 0 Å². The summed E-state index contributed by atoms with van der Waals surface area (Å²) in [4.78, 5) is 11.0. The van der Waals surface area contributed by atoms with Crippen molar-refractivity contribution in [2.24, 2.45) is 0 Å². The molecule has 0 fully saturated rings. The molecule has 0 aromatic heterocycles. The predicted molar refractivity (Wildman–Crippen MR) is 94.2 cm³/mol. The van der Waals surface area contributed by atoms with Gasteiger partial charge in [-0.1, -0.05) is 49.9 Å². The number of ether oxygens (including phenoxy) is 1. The van der Waals surface area contributed by atoms with Gasteiger partial charge in [-0.05, 0) is 47.7 Å². The second kappa shape index (κ2) is 9.31. The van der Waals surface area contributed by atoms with Gasteiger partial charge in [-0.2, -0.15) is 0 Å². The standard InChI is InChI=1S/C20H26O3/c1-23-13-7-5-3-2-4-6-8-16-9-10-18-15-19(20(21)22)12-11-17(18)14-16/h9-12,14-15H,2-8,13H2,1H3,(H,21,22). The van der Waals surface area contributed by atoms with Gasteiger partial charge in [0, 0.05) is 13.7 Å². The summed E-state index contributed by atoms with van der Waals surface area (Å²) < 4.78 is 5.05. The lowest BCUT2D eigenvalue weighted by Crippen LogP contribution is -1.95. The number of benzene rings is 2. The molecule has 124 valence electrons. The molecule has 0 aliphatic rings. The van der Waals surface area contributed by atoms with Gasteiger partial charge < -0.3 is 9.84 Å². The minimum absolute atomic E-state index is 0.346. The average Bonchev–Trinajstić information content (AvgIpc) is 2.56. The van der Waals surface area contributed by atoms with Crippen molar-refractivity contribution in [2.75, 3.05) is 13.7 Å². The van der Waals surface area contributed by atoms with Crippen molar-refractivity contribution < 1.29 is 14.6 Å². The molecule has 0 heterocycles. The fourth-order valence-electron chi connectivity index (χ4n) is 2.87. The van der Waals surface area contributed by atoms with Gasteiger partial charge in [0.05, 0.1) is 5.56 Å². The molecular formula is C20H26O3. The predicted octanol–water partition coefficient (Wildman–Crippen LogP) is 5.07. The third-order valence-corrected chi connectivity index (χ3v) is 4.22. The number of aromatic carboxylic acids is 1. The number of fused-ring (bicyclic) bond motifs is 1. The molecule has 0 atom stereocenters. The van der Waals surface area contributed by atoms with Crippen LogP contribution < -0.4 is 0 Å². The van der Waals surface area contributed by atoms with E-state index in [-0.39, 0.29) is 0 Å². The second-order valence-electron chi connectivity index (χ2n) is 6.07. The number of rotatable bonds is 10. The summed E-state index contributed by atoms with van der Waals surface area (Å²) in [7, 11) is 1.76. The van der Waals surface area contributed by atoms with Crippen LogP contribution in [0.1, 0.15) is 54.4 Å². The first-order chi connectivity index (χ1) is 11.2. The van der Waals surface area contributed by atoms with E-state index in [1.54, 1.807) is 19.2 Å². The van der Waals surface area contributed by atoms with Crippen molar-refractivity contribution in [3.05, 3.63) is 47.5 Å². The lowest BCUT2D eigenvalue weighted by molar-refractivity contribution is 0.0697. The van der Waals surface area contributed by atoms with Gasteiger partial charge in [0.25, 0.3) is 0 Å². The van der Waals surface area contributed by atoms with Crippen LogP contribution >= 0.6 is 0 Å². The molecule has 0 amide bonds. The largest absolute Gasteiger partial charge is 0.478 e. The first-order valence-electron chi connectivity index (χ1n) is 8.45. The molecule has 0 saturated carbocycles. The van der Waals surface area contributed by atoms with Crippen molar-refractivity contribution in [1.82, 2.24) is 0 Å². The molecule has 0 radical (unpaired) electrons. The van der Waals surface area contributed by atoms with Crippen LogP contribution in [0, 0.1) is 0 Å². The Hall–Kier alpha value is -1.87. The van der Waals surface area contributed by atoms with Crippen LogP contribution in [-0.4, -0.2) is 24.8 Å². The summed E-state index contributed by atoms with van der Waals surface area (Å²) in [5.74, 6) is -0.874. The molecular weight excluding hydrogens is 288 g/mol. The molecule has 0 saturated heterocycles. The van der Waals surface area contributed by atoms with E-state index in [0.29, 0.717) is 5.56 Å². The zero-order valence-corrected chi connectivity index (χ0v) is 13.9. The van der Waals surface area contributed by atoms with Gasteiger partial charge in [0.1, 0.15) is 0 Å². The Morgan fingerprint density at radius 3 is 2.30 bits per heavy atom. The highest BCUT2D eigenvalue weighted by Crippen LogP contribution is 2.19. The molecule has 2 rings (SSSR count). The molecule has 1 N–H and O–H groups in total. The fraction of sp³-hybridized carbons (Fsp3) is 0.450. The Morgan fingerprint density at radius 2 is 1.57 bits per heavy atom. The number of carbonyl (C=O) groups is 1. The van der Waals surface area contributed by atoms with Crippen molar-refractivity contribution in [1.29, 1.82) is 0 Å². The van der Waals surface area contributed by atoms with E-state index in [0.717, 1.165) is 23.8 Å². The highest BCUT2D eigenvalue weighted by Gasteiger charge is 2.04. The third-order valence-electron chi connectivity index (χ3n) is 4.22. The maximum absolute atomic E-state index is 11.0. The molecule has 0 aliphatic carbocycles. The second-order valence-corrected chi connectivity index (χ2v) is 6.07. The highest BCUT2D eigenvalue weighted by atomic mass is 16.5. The first kappa shape index (κ1) is 17.5. The topological polar surface area (TPSA) is 46.5 Å². The molecule has 3 heteroatoms. The van der Waals surface area contributed by atoms with Gasteiger partial charge in [-0.25, -0.2) is 4.79 Å². The molecule has 2 aromatic rings. The SMILES string of the molecule is COCCCCCCCCc1ccc2cc(C(=O)O)ccc2c1. The van der Waals surface area contributed by atoms with Gasteiger partial charge in [-0.15, -0.1) is 0 Å². The molecule has 0 spiro atoms. The summed E-state index contributed by atoms with van der Waals surface area (Å²) >= 11 is 0. The summed E-state index contributed by atoms with van der Waals surface area (Å²) in [6.07, 6.45) is 8.58. The van der Waals surface area contributed by atoms with Crippen LogP contribution in [0.5, 0.6) is 0 Å². The molecule has 0 unspecified atom stereocenters. The summed E-state index contributed by atoms with van der Waals surface area (Å²) in [5.41, 5.74) is 1.68. The average molecular weight is 314 g/mol. The monoisotopic (exact) mass is 314 g/mol. The Morgan fingerprint density at radius 1 is 0.913 bits per heavy atom. The van der Waals surface area contributed by atoms with E-state index in [4.69, 9.17) is 9.84 Å². The van der Waals surface area contributed by atoms with E-state index >= 15 is 0 Å². The Bertz CT molecular complexity index is 634. The van der Waals surface area contributed by atoms with Crippen molar-refractivity contribution in [3.63, 3.8) is 0 Å². The number of methoxy groups -OCH3 is 1. The van der Waals surface area contributed by atoms with Crippen LogP contribution in [0.4, 0.5) is 0 Å². The Labute approximate surface area is 138 Å². The minimum atomic E-state index is -0.874. The quantitative estimate of drug-likeness (QED) is 0.623. The van der Waals surface area contributed by atoms with E-state index < -0.39 is 5.97 Å². The number of carboxylic acids is 1. The van der Waals surface area contributed by atoms with Crippen LogP contribution in [0.25, 0.3) is 10.8 Å². The minimum Gasteiger partial charge on any atom is -0.478 e. The maximum atomic E-state index is 11.0. The first-order valence-corrected chi connectivity index (χ1v) is 8.45. The van der Waals surface area contributed by atoms with E-state index in [1.807, 2.05) is 12.1 Å². The molecule has 0 bridgehead atoms. The number of hydrogen-bond acceptors (Lipinski definition) is 2. The normalized spacial score (nSPS) is 11.0. The van der Waals surface area contributed by atoms with E-state index in [9.17, 15) is 4.79 Å². The molecule has 3 nitrogen and oxygen atoms in total. The fourth-order valence-corrected chi connectivity index (χ4v) is 2.87. The number of carboxylic acid groups (broad SMARTS) is 1. The summed E-state index contributed by atoms with van der Waals surface area (Å²) in [6.45, 7) is 0.876. The van der Waals surface area contributed by atoms with Crippen LogP contribution in [0.15, 0.2) is 36.4 Å². The lowest BCUT2D eigenvalue weighted by Gasteiger charge is -2.05. The van der Waals surface area contributed by atoms with E-state index in [1.165, 1.54) is 44.1 Å². The van der Waals surface area contributed by atoms with Gasteiger partial charge in [0.2, 0.25) is 0 Å². The van der Waals surface area contributed by atoms with Crippen molar-refractivity contribution >= 4 is 16.7 Å². The number of unbranched alkanes of at least 4 members (excludes halogenated alkanes) is 5. The van der Waals surface area contributed by atoms with Gasteiger partial charge in [0.15, 0.2) is 0 Å². The summed E-state index contributed by atoms with van der Waals surface area (Å²) in [5, 5.41) is 11.1. The van der Waals surface area contributed by atoms with Gasteiger partial charge >= 0.3 is 5.97 Å². The Kier molecular flexibility index (Phi) is 7.08. The molecule has 23 heavy (non-hydrogen) atoms. The zero-order valence-electron chi connectivity index (χ0n) is 13.9. The lowest BCUT2D eigenvalue weighted by atomic mass is 10.0. The van der Waals surface area contributed by atoms with Crippen LogP contribution in [-0.2, 0) is 11.2 Å². The number of aryl methyl sites for hydroxylation is 1. The molecule has 0 aliphatic heterocycles. The van der Waals surface area contributed by atoms with E-state index in [2.05, 4.69) is 12.1 Å². The smallest absolute Gasteiger partial charge is 0.335 e. The maximum Gasteiger partial charge on any atom is 0.335 e. The van der Waals surface area contributed by atoms with Gasteiger partial charge in [-0.3, -0.25) is 0 Å². The third kappa shape index (κ3) is 5.68. The Balaban J connectivity index is 1.78. The summed E-state index contributed by atoms with van der Waals surface area (Å²) in [6, 6.07) is 11.6. The molecule has 2 aromatic carbocycles. The highest BCUT2D eigenvalue weighted by molar-refractivity contribution is 5.94.